The third-order valence-electron chi connectivity index (χ3n) is 5.26. The maximum Gasteiger partial charge on any atom is 0.308 e. The van der Waals surface area contributed by atoms with Crippen LogP contribution in [0, 0.1) is 17.8 Å². The second kappa shape index (κ2) is 8.17. The van der Waals surface area contributed by atoms with E-state index in [4.69, 9.17) is 16.3 Å². The number of para-hydroxylation sites is 1. The van der Waals surface area contributed by atoms with E-state index < -0.39 is 17.8 Å². The zero-order chi connectivity index (χ0) is 19.6. The van der Waals surface area contributed by atoms with E-state index in [0.717, 1.165) is 0 Å². The molecule has 2 amide bonds. The first-order valence-electron chi connectivity index (χ1n) is 9.03. The number of hydrogen-bond donors (Lipinski definition) is 1. The van der Waals surface area contributed by atoms with Gasteiger partial charge in [-0.15, -0.1) is 0 Å². The summed E-state index contributed by atoms with van der Waals surface area (Å²) in [6.07, 6.45) is 0.160. The number of carbonyl (C=O) groups excluding carboxylic acids is 2. The summed E-state index contributed by atoms with van der Waals surface area (Å²) < 4.78 is 5.61. The minimum absolute atomic E-state index is 0.0799. The highest BCUT2D eigenvalue weighted by Crippen LogP contribution is 2.28. The van der Waals surface area contributed by atoms with Crippen LogP contribution in [0.3, 0.4) is 0 Å². The van der Waals surface area contributed by atoms with Crippen molar-refractivity contribution in [1.82, 2.24) is 9.80 Å². The minimum atomic E-state index is -0.876. The number of carbonyl (C=O) groups is 3. The molecule has 0 saturated carbocycles. The van der Waals surface area contributed by atoms with Crippen LogP contribution in [0.25, 0.3) is 0 Å². The molecule has 1 N–H and O–H groups in total. The first kappa shape index (κ1) is 19.5. The largest absolute Gasteiger partial charge is 0.490 e. The number of halogens is 1. The van der Waals surface area contributed by atoms with Gasteiger partial charge in [-0.05, 0) is 18.1 Å². The summed E-state index contributed by atoms with van der Waals surface area (Å²) in [4.78, 5) is 39.4. The van der Waals surface area contributed by atoms with Crippen molar-refractivity contribution in [3.05, 3.63) is 29.3 Å². The van der Waals surface area contributed by atoms with E-state index in [9.17, 15) is 19.5 Å². The molecular weight excluding hydrogens is 372 g/mol. The van der Waals surface area contributed by atoms with E-state index in [2.05, 4.69) is 0 Å². The molecule has 2 saturated heterocycles. The van der Waals surface area contributed by atoms with Gasteiger partial charge in [-0.1, -0.05) is 30.7 Å². The number of carboxylic acids is 1. The molecule has 8 heteroatoms. The minimum Gasteiger partial charge on any atom is -0.490 e. The van der Waals surface area contributed by atoms with Gasteiger partial charge in [0.2, 0.25) is 11.8 Å². The van der Waals surface area contributed by atoms with E-state index in [0.29, 0.717) is 30.4 Å². The van der Waals surface area contributed by atoms with Crippen molar-refractivity contribution in [2.45, 2.75) is 13.3 Å². The molecule has 2 heterocycles. The number of amides is 2. The molecule has 0 spiro atoms. The number of hydrogen-bond acceptors (Lipinski definition) is 4. The standard InChI is InChI=1S/C19H23ClN2O5/c1-12-9-22(11-14(12)19(25)26)18(24)13-8-17(23)21(10-13)6-7-27-16-5-3-2-4-15(16)20/h2-5,12-14H,6-11H2,1H3,(H,25,26)/t12-,13?,14-/m1/s1. The number of ether oxygens (including phenoxy) is 1. The summed E-state index contributed by atoms with van der Waals surface area (Å²) in [5.74, 6) is -1.57. The van der Waals surface area contributed by atoms with Crippen LogP contribution in [0.15, 0.2) is 24.3 Å². The Bertz CT molecular complexity index is 741. The van der Waals surface area contributed by atoms with Gasteiger partial charge in [0, 0.05) is 26.1 Å². The van der Waals surface area contributed by atoms with Crippen LogP contribution in [0.1, 0.15) is 13.3 Å². The highest BCUT2D eigenvalue weighted by Gasteiger charge is 2.42. The Morgan fingerprint density at radius 3 is 2.67 bits per heavy atom. The first-order valence-corrected chi connectivity index (χ1v) is 9.41. The molecule has 3 atom stereocenters. The van der Waals surface area contributed by atoms with Gasteiger partial charge in [0.1, 0.15) is 12.4 Å². The number of benzene rings is 1. The summed E-state index contributed by atoms with van der Waals surface area (Å²) >= 11 is 6.03. The lowest BCUT2D eigenvalue weighted by molar-refractivity contribution is -0.142. The Morgan fingerprint density at radius 1 is 1.26 bits per heavy atom. The van der Waals surface area contributed by atoms with Crippen LogP contribution in [-0.4, -0.2) is 65.5 Å². The molecule has 2 aliphatic rings. The molecule has 0 bridgehead atoms. The lowest BCUT2D eigenvalue weighted by Crippen LogP contribution is -2.37. The Balaban J connectivity index is 1.50. The maximum atomic E-state index is 12.7. The van der Waals surface area contributed by atoms with Gasteiger partial charge in [-0.3, -0.25) is 14.4 Å². The molecule has 2 fully saturated rings. The van der Waals surface area contributed by atoms with Gasteiger partial charge < -0.3 is 19.6 Å². The van der Waals surface area contributed by atoms with Crippen LogP contribution in [0.4, 0.5) is 0 Å². The summed E-state index contributed by atoms with van der Waals surface area (Å²) in [6, 6.07) is 7.11. The van der Waals surface area contributed by atoms with Crippen molar-refractivity contribution in [1.29, 1.82) is 0 Å². The van der Waals surface area contributed by atoms with Crippen LogP contribution >= 0.6 is 11.6 Å². The molecule has 1 aromatic carbocycles. The van der Waals surface area contributed by atoms with Crippen LogP contribution in [0.5, 0.6) is 5.75 Å². The molecule has 0 radical (unpaired) electrons. The van der Waals surface area contributed by atoms with E-state index in [1.54, 1.807) is 21.9 Å². The predicted octanol–water partition coefficient (Wildman–Crippen LogP) is 1.75. The molecule has 7 nitrogen and oxygen atoms in total. The van der Waals surface area contributed by atoms with Gasteiger partial charge in [0.05, 0.1) is 23.4 Å². The Morgan fingerprint density at radius 2 is 2.00 bits per heavy atom. The molecule has 146 valence electrons. The summed E-state index contributed by atoms with van der Waals surface area (Å²) in [5, 5.41) is 9.73. The molecule has 1 aromatic rings. The monoisotopic (exact) mass is 394 g/mol. The smallest absolute Gasteiger partial charge is 0.308 e. The summed E-state index contributed by atoms with van der Waals surface area (Å²) in [7, 11) is 0. The van der Waals surface area contributed by atoms with Crippen molar-refractivity contribution in [3.8, 4) is 5.75 Å². The van der Waals surface area contributed by atoms with Gasteiger partial charge in [0.25, 0.3) is 0 Å². The lowest BCUT2D eigenvalue weighted by Gasteiger charge is -2.21. The highest BCUT2D eigenvalue weighted by molar-refractivity contribution is 6.32. The van der Waals surface area contributed by atoms with Gasteiger partial charge in [0.15, 0.2) is 0 Å². The highest BCUT2D eigenvalue weighted by atomic mass is 35.5. The van der Waals surface area contributed by atoms with Crippen molar-refractivity contribution in [2.24, 2.45) is 17.8 Å². The van der Waals surface area contributed by atoms with Crippen LogP contribution in [0.2, 0.25) is 5.02 Å². The first-order chi connectivity index (χ1) is 12.9. The fraction of sp³-hybridized carbons (Fsp3) is 0.526. The van der Waals surface area contributed by atoms with Gasteiger partial charge in [-0.2, -0.15) is 0 Å². The van der Waals surface area contributed by atoms with E-state index in [1.807, 2.05) is 19.1 Å². The van der Waals surface area contributed by atoms with Crippen molar-refractivity contribution in [3.63, 3.8) is 0 Å². The Hall–Kier alpha value is -2.28. The lowest BCUT2D eigenvalue weighted by atomic mass is 9.99. The quantitative estimate of drug-likeness (QED) is 0.794. The van der Waals surface area contributed by atoms with E-state index in [-0.39, 0.29) is 37.3 Å². The zero-order valence-electron chi connectivity index (χ0n) is 15.1. The fourth-order valence-electron chi connectivity index (χ4n) is 3.71. The van der Waals surface area contributed by atoms with Crippen LogP contribution < -0.4 is 4.74 Å². The van der Waals surface area contributed by atoms with E-state index >= 15 is 0 Å². The van der Waals surface area contributed by atoms with Crippen molar-refractivity contribution in [2.75, 3.05) is 32.8 Å². The number of carboxylic acid groups (broad SMARTS) is 1. The Labute approximate surface area is 162 Å². The number of aliphatic carboxylic acids is 1. The maximum absolute atomic E-state index is 12.7. The average molecular weight is 395 g/mol. The molecule has 27 heavy (non-hydrogen) atoms. The third-order valence-corrected chi connectivity index (χ3v) is 5.57. The van der Waals surface area contributed by atoms with Crippen molar-refractivity contribution >= 4 is 29.4 Å². The van der Waals surface area contributed by atoms with E-state index in [1.165, 1.54) is 0 Å². The average Bonchev–Trinajstić information content (AvgIpc) is 3.19. The SMILES string of the molecule is C[C@@H]1CN(C(=O)C2CC(=O)N(CCOc3ccccc3Cl)C2)C[C@H]1C(=O)O. The second-order valence-corrected chi connectivity index (χ2v) is 7.59. The molecule has 2 aliphatic heterocycles. The molecule has 0 aliphatic carbocycles. The normalized spacial score (nSPS) is 25.1. The Kier molecular flexibility index (Phi) is 5.89. The zero-order valence-corrected chi connectivity index (χ0v) is 15.9. The fourth-order valence-corrected chi connectivity index (χ4v) is 3.90. The van der Waals surface area contributed by atoms with Crippen molar-refractivity contribution < 1.29 is 24.2 Å². The molecule has 3 rings (SSSR count). The molecule has 0 aromatic heterocycles. The summed E-state index contributed by atoms with van der Waals surface area (Å²) in [5.41, 5.74) is 0. The van der Waals surface area contributed by atoms with Gasteiger partial charge in [-0.25, -0.2) is 0 Å². The number of likely N-dealkylation sites (tertiary alicyclic amines) is 2. The topological polar surface area (TPSA) is 87.2 Å². The predicted molar refractivity (Wildman–Crippen MR) is 98.5 cm³/mol. The third kappa shape index (κ3) is 4.35. The number of nitrogens with zero attached hydrogens (tertiary/aromatic N) is 2. The van der Waals surface area contributed by atoms with Crippen LogP contribution in [-0.2, 0) is 14.4 Å². The molecular formula is C19H23ClN2O5. The second-order valence-electron chi connectivity index (χ2n) is 7.18. The molecule has 1 unspecified atom stereocenters. The number of rotatable bonds is 6. The van der Waals surface area contributed by atoms with Gasteiger partial charge >= 0.3 is 5.97 Å². The summed E-state index contributed by atoms with van der Waals surface area (Å²) in [6.45, 7) is 3.49.